The zero-order chi connectivity index (χ0) is 17.4. The molecule has 0 unspecified atom stereocenters. The Morgan fingerprint density at radius 1 is 1.32 bits per heavy atom. The highest BCUT2D eigenvalue weighted by atomic mass is 16.2. The molecular weight excluding hydrogens is 316 g/mol. The van der Waals surface area contributed by atoms with Crippen molar-refractivity contribution < 1.29 is 4.79 Å². The molecule has 3 aromatic rings. The van der Waals surface area contributed by atoms with Crippen molar-refractivity contribution in [2.24, 2.45) is 0 Å². The van der Waals surface area contributed by atoms with E-state index in [1.165, 1.54) is 6.07 Å². The molecule has 1 N–H and O–H groups in total. The standard InChI is InChI=1S/C19H20N4O2/c1-13-10-23-11-14(6-7-18(23)20-13)21-19(25)12-22-9-8-17(24)15-4-2-3-5-16(15)22/h2-5,8-10,14H,6-7,11-12H2,1H3,(H,21,25)/t14-/m1/s1. The smallest absolute Gasteiger partial charge is 0.240 e. The van der Waals surface area contributed by atoms with Crippen molar-refractivity contribution in [3.63, 3.8) is 0 Å². The molecule has 3 heterocycles. The summed E-state index contributed by atoms with van der Waals surface area (Å²) in [5.74, 6) is 1.05. The van der Waals surface area contributed by atoms with Gasteiger partial charge in [0.25, 0.3) is 0 Å². The Balaban J connectivity index is 1.48. The third-order valence-corrected chi connectivity index (χ3v) is 4.68. The predicted molar refractivity (Wildman–Crippen MR) is 95.4 cm³/mol. The molecule has 0 radical (unpaired) electrons. The van der Waals surface area contributed by atoms with Gasteiger partial charge in [-0.3, -0.25) is 9.59 Å². The molecule has 0 aliphatic carbocycles. The van der Waals surface area contributed by atoms with Gasteiger partial charge >= 0.3 is 0 Å². The number of amides is 1. The lowest BCUT2D eigenvalue weighted by molar-refractivity contribution is -0.122. The Kier molecular flexibility index (Phi) is 3.87. The number of hydrogen-bond donors (Lipinski definition) is 1. The highest BCUT2D eigenvalue weighted by Gasteiger charge is 2.21. The maximum atomic E-state index is 12.5. The lowest BCUT2D eigenvalue weighted by Gasteiger charge is -2.25. The van der Waals surface area contributed by atoms with Crippen LogP contribution >= 0.6 is 0 Å². The Morgan fingerprint density at radius 3 is 3.04 bits per heavy atom. The van der Waals surface area contributed by atoms with Gasteiger partial charge in [0, 0.05) is 42.9 Å². The predicted octanol–water partition coefficient (Wildman–Crippen LogP) is 1.64. The van der Waals surface area contributed by atoms with Gasteiger partial charge in [-0.2, -0.15) is 0 Å². The number of benzene rings is 1. The van der Waals surface area contributed by atoms with Gasteiger partial charge in [0.15, 0.2) is 5.43 Å². The van der Waals surface area contributed by atoms with Crippen LogP contribution in [0.15, 0.2) is 47.5 Å². The van der Waals surface area contributed by atoms with Gasteiger partial charge < -0.3 is 14.5 Å². The molecular formula is C19H20N4O2. The minimum Gasteiger partial charge on any atom is -0.350 e. The number of nitrogens with zero attached hydrogens (tertiary/aromatic N) is 3. The van der Waals surface area contributed by atoms with E-state index in [1.807, 2.05) is 35.9 Å². The molecule has 25 heavy (non-hydrogen) atoms. The topological polar surface area (TPSA) is 68.9 Å². The van der Waals surface area contributed by atoms with E-state index < -0.39 is 0 Å². The highest BCUT2D eigenvalue weighted by Crippen LogP contribution is 2.15. The number of pyridine rings is 1. The summed E-state index contributed by atoms with van der Waals surface area (Å²) in [6.45, 7) is 2.94. The van der Waals surface area contributed by atoms with Gasteiger partial charge in [0.2, 0.25) is 5.91 Å². The van der Waals surface area contributed by atoms with Crippen LogP contribution in [-0.2, 0) is 24.3 Å². The number of nitrogens with one attached hydrogen (secondary N) is 1. The average molecular weight is 336 g/mol. The number of hydrogen-bond acceptors (Lipinski definition) is 3. The maximum absolute atomic E-state index is 12.5. The quantitative estimate of drug-likeness (QED) is 0.790. The summed E-state index contributed by atoms with van der Waals surface area (Å²) < 4.78 is 3.94. The fraction of sp³-hybridized carbons (Fsp3) is 0.316. The van der Waals surface area contributed by atoms with Gasteiger partial charge in [-0.15, -0.1) is 0 Å². The number of imidazole rings is 1. The van der Waals surface area contributed by atoms with Crippen molar-refractivity contribution in [1.29, 1.82) is 0 Å². The van der Waals surface area contributed by atoms with Crippen molar-refractivity contribution in [3.8, 4) is 0 Å². The molecule has 1 aromatic carbocycles. The van der Waals surface area contributed by atoms with E-state index in [2.05, 4.69) is 14.9 Å². The van der Waals surface area contributed by atoms with E-state index in [0.717, 1.165) is 36.4 Å². The van der Waals surface area contributed by atoms with Gasteiger partial charge in [-0.05, 0) is 25.5 Å². The number of aromatic nitrogens is 3. The maximum Gasteiger partial charge on any atom is 0.240 e. The first-order chi connectivity index (χ1) is 12.1. The van der Waals surface area contributed by atoms with Gasteiger partial charge in [-0.1, -0.05) is 12.1 Å². The van der Waals surface area contributed by atoms with Crippen LogP contribution in [0.1, 0.15) is 17.9 Å². The Hall–Kier alpha value is -2.89. The van der Waals surface area contributed by atoms with Crippen molar-refractivity contribution in [3.05, 3.63) is 64.5 Å². The molecule has 1 aliphatic heterocycles. The van der Waals surface area contributed by atoms with E-state index in [4.69, 9.17) is 0 Å². The molecule has 1 amide bonds. The normalized spacial score (nSPS) is 16.6. The lowest BCUT2D eigenvalue weighted by atomic mass is 10.1. The van der Waals surface area contributed by atoms with Gasteiger partial charge in [0.05, 0.1) is 11.2 Å². The molecule has 0 fully saturated rings. The molecule has 128 valence electrons. The number of fused-ring (bicyclic) bond motifs is 2. The molecule has 0 saturated carbocycles. The fourth-order valence-corrected chi connectivity index (χ4v) is 3.53. The Morgan fingerprint density at radius 2 is 2.16 bits per heavy atom. The van der Waals surface area contributed by atoms with Gasteiger partial charge in [0.1, 0.15) is 12.4 Å². The van der Waals surface area contributed by atoms with Crippen molar-refractivity contribution >= 4 is 16.8 Å². The lowest BCUT2D eigenvalue weighted by Crippen LogP contribution is -2.42. The first-order valence-electron chi connectivity index (χ1n) is 8.50. The third-order valence-electron chi connectivity index (χ3n) is 4.68. The van der Waals surface area contributed by atoms with E-state index in [1.54, 1.807) is 12.3 Å². The van der Waals surface area contributed by atoms with Crippen LogP contribution in [0.2, 0.25) is 0 Å². The molecule has 0 saturated heterocycles. The summed E-state index contributed by atoms with van der Waals surface area (Å²) in [6, 6.07) is 8.98. The monoisotopic (exact) mass is 336 g/mol. The number of carbonyl (C=O) groups excluding carboxylic acids is 1. The first-order valence-corrected chi connectivity index (χ1v) is 8.50. The molecule has 1 atom stereocenters. The molecule has 2 aromatic heterocycles. The second kappa shape index (κ2) is 6.20. The number of rotatable bonds is 3. The van der Waals surface area contributed by atoms with Gasteiger partial charge in [-0.25, -0.2) is 4.98 Å². The van der Waals surface area contributed by atoms with E-state index in [9.17, 15) is 9.59 Å². The Labute approximate surface area is 145 Å². The summed E-state index contributed by atoms with van der Waals surface area (Å²) in [5, 5.41) is 3.74. The average Bonchev–Trinajstić information content (AvgIpc) is 2.97. The second-order valence-electron chi connectivity index (χ2n) is 6.58. The summed E-state index contributed by atoms with van der Waals surface area (Å²) >= 11 is 0. The molecule has 4 rings (SSSR count). The SMILES string of the molecule is Cc1cn2c(n1)CC[C@@H](NC(=O)Cn1ccc(=O)c3ccccc31)C2. The molecule has 6 nitrogen and oxygen atoms in total. The van der Waals surface area contributed by atoms with Crippen molar-refractivity contribution in [1.82, 2.24) is 19.4 Å². The van der Waals surface area contributed by atoms with E-state index in [-0.39, 0.29) is 23.9 Å². The highest BCUT2D eigenvalue weighted by molar-refractivity contribution is 5.82. The van der Waals surface area contributed by atoms with Crippen LogP contribution in [0, 0.1) is 6.92 Å². The van der Waals surface area contributed by atoms with Crippen LogP contribution in [0.4, 0.5) is 0 Å². The number of para-hydroxylation sites is 1. The second-order valence-corrected chi connectivity index (χ2v) is 6.58. The molecule has 6 heteroatoms. The van der Waals surface area contributed by atoms with E-state index in [0.29, 0.717) is 5.39 Å². The van der Waals surface area contributed by atoms with Crippen LogP contribution in [-0.4, -0.2) is 26.1 Å². The minimum absolute atomic E-state index is 0.0254. The zero-order valence-corrected chi connectivity index (χ0v) is 14.1. The summed E-state index contributed by atoms with van der Waals surface area (Å²) in [7, 11) is 0. The molecule has 1 aliphatic rings. The third kappa shape index (κ3) is 3.07. The van der Waals surface area contributed by atoms with Crippen molar-refractivity contribution in [2.45, 2.75) is 38.9 Å². The number of carbonyl (C=O) groups is 1. The van der Waals surface area contributed by atoms with Crippen molar-refractivity contribution in [2.75, 3.05) is 0 Å². The van der Waals surface area contributed by atoms with Crippen LogP contribution in [0.5, 0.6) is 0 Å². The fourth-order valence-electron chi connectivity index (χ4n) is 3.53. The van der Waals surface area contributed by atoms with Crippen LogP contribution < -0.4 is 10.7 Å². The van der Waals surface area contributed by atoms with Crippen LogP contribution in [0.3, 0.4) is 0 Å². The Bertz CT molecular complexity index is 1000. The summed E-state index contributed by atoms with van der Waals surface area (Å²) in [6.07, 6.45) is 5.48. The first kappa shape index (κ1) is 15.6. The zero-order valence-electron chi connectivity index (χ0n) is 14.1. The summed E-state index contributed by atoms with van der Waals surface area (Å²) in [5.41, 5.74) is 1.77. The number of aryl methyl sites for hydroxylation is 2. The van der Waals surface area contributed by atoms with E-state index >= 15 is 0 Å². The van der Waals surface area contributed by atoms with Crippen LogP contribution in [0.25, 0.3) is 10.9 Å². The molecule has 0 spiro atoms. The minimum atomic E-state index is -0.0425. The largest absolute Gasteiger partial charge is 0.350 e. The summed E-state index contributed by atoms with van der Waals surface area (Å²) in [4.78, 5) is 28.9. The molecule has 0 bridgehead atoms.